The van der Waals surface area contributed by atoms with E-state index in [2.05, 4.69) is 20.2 Å². The second kappa shape index (κ2) is 7.67. The van der Waals surface area contributed by atoms with Crippen molar-refractivity contribution in [2.45, 2.75) is 18.9 Å². The van der Waals surface area contributed by atoms with Crippen molar-refractivity contribution in [3.8, 4) is 11.1 Å². The number of aromatic amines is 1. The van der Waals surface area contributed by atoms with Gasteiger partial charge in [-0.1, -0.05) is 24.3 Å². The Bertz CT molecular complexity index is 1150. The van der Waals surface area contributed by atoms with Gasteiger partial charge in [0.2, 0.25) is 0 Å². The fourth-order valence-corrected chi connectivity index (χ4v) is 3.92. The number of carbonyl (C=O) groups excluding carboxylic acids is 1. The lowest BCUT2D eigenvalue weighted by molar-refractivity contribution is 0.0947. The third-order valence-corrected chi connectivity index (χ3v) is 5.51. The van der Waals surface area contributed by atoms with Crippen molar-refractivity contribution in [2.24, 2.45) is 0 Å². The molecule has 1 saturated heterocycles. The number of fused-ring (bicyclic) bond motifs is 1. The molecule has 1 atom stereocenters. The van der Waals surface area contributed by atoms with E-state index in [9.17, 15) is 9.18 Å². The number of hydrogen-bond donors (Lipinski definition) is 2. The zero-order valence-corrected chi connectivity index (χ0v) is 16.3. The van der Waals surface area contributed by atoms with Crippen LogP contribution >= 0.6 is 0 Å². The molecule has 5 rings (SSSR count). The summed E-state index contributed by atoms with van der Waals surface area (Å²) >= 11 is 0. The van der Waals surface area contributed by atoms with Gasteiger partial charge in [-0.15, -0.1) is 0 Å². The van der Waals surface area contributed by atoms with E-state index >= 15 is 0 Å². The fraction of sp³-hybridized carbons (Fsp3) is 0.217. The summed E-state index contributed by atoms with van der Waals surface area (Å²) in [5.41, 5.74) is 3.77. The third-order valence-electron chi connectivity index (χ3n) is 5.51. The highest BCUT2D eigenvalue weighted by atomic mass is 19.1. The molecule has 7 heteroatoms. The van der Waals surface area contributed by atoms with E-state index in [-0.39, 0.29) is 17.8 Å². The molecule has 30 heavy (non-hydrogen) atoms. The van der Waals surface area contributed by atoms with E-state index in [1.54, 1.807) is 24.4 Å². The standard InChI is InChI=1S/C23H21FN4O2/c24-17-9-7-15(8-10-17)16-12-20(25-13-16)22(29)26-14-18-4-3-11-28(18)23-27-19-5-1-2-6-21(19)30-23/h1-2,5-10,12-13,18,25H,3-4,11,14H2,(H,26,29)/t18-/m0/s1. The van der Waals surface area contributed by atoms with E-state index in [0.29, 0.717) is 18.3 Å². The lowest BCUT2D eigenvalue weighted by atomic mass is 10.1. The number of para-hydroxylation sites is 2. The Morgan fingerprint density at radius 1 is 1.20 bits per heavy atom. The molecule has 0 aliphatic carbocycles. The Balaban J connectivity index is 1.25. The van der Waals surface area contributed by atoms with Crippen molar-refractivity contribution >= 4 is 23.0 Å². The van der Waals surface area contributed by atoms with Crippen LogP contribution in [-0.2, 0) is 0 Å². The Kier molecular flexibility index (Phi) is 4.71. The van der Waals surface area contributed by atoms with E-state index in [4.69, 9.17) is 4.42 Å². The molecule has 0 unspecified atom stereocenters. The van der Waals surface area contributed by atoms with Gasteiger partial charge in [0.05, 0.1) is 6.04 Å². The van der Waals surface area contributed by atoms with Crippen LogP contribution in [-0.4, -0.2) is 35.0 Å². The lowest BCUT2D eigenvalue weighted by Crippen LogP contribution is -2.40. The quantitative estimate of drug-likeness (QED) is 0.518. The smallest absolute Gasteiger partial charge is 0.298 e. The number of nitrogens with one attached hydrogen (secondary N) is 2. The van der Waals surface area contributed by atoms with Gasteiger partial charge in [-0.25, -0.2) is 4.39 Å². The molecular weight excluding hydrogens is 383 g/mol. The predicted octanol–water partition coefficient (Wildman–Crippen LogP) is 4.36. The minimum Gasteiger partial charge on any atom is -0.423 e. The first-order valence-corrected chi connectivity index (χ1v) is 10.0. The van der Waals surface area contributed by atoms with Crippen LogP contribution in [0.2, 0.25) is 0 Å². The van der Waals surface area contributed by atoms with Gasteiger partial charge >= 0.3 is 0 Å². The first-order valence-electron chi connectivity index (χ1n) is 10.0. The number of benzene rings is 2. The Morgan fingerprint density at radius 3 is 2.87 bits per heavy atom. The molecule has 0 bridgehead atoms. The number of anilines is 1. The number of hydrogen-bond acceptors (Lipinski definition) is 4. The van der Waals surface area contributed by atoms with Gasteiger partial charge in [0.25, 0.3) is 11.9 Å². The second-order valence-electron chi connectivity index (χ2n) is 7.47. The summed E-state index contributed by atoms with van der Waals surface area (Å²) in [5, 5.41) is 3.01. The van der Waals surface area contributed by atoms with Crippen molar-refractivity contribution < 1.29 is 13.6 Å². The van der Waals surface area contributed by atoms with Crippen LogP contribution in [0.25, 0.3) is 22.2 Å². The average molecular weight is 404 g/mol. The summed E-state index contributed by atoms with van der Waals surface area (Å²) in [6.07, 6.45) is 3.74. The van der Waals surface area contributed by atoms with Crippen molar-refractivity contribution in [3.63, 3.8) is 0 Å². The molecule has 1 fully saturated rings. The zero-order valence-electron chi connectivity index (χ0n) is 16.3. The van der Waals surface area contributed by atoms with Crippen LogP contribution in [0.4, 0.5) is 10.4 Å². The van der Waals surface area contributed by atoms with Gasteiger partial charge in [0.15, 0.2) is 5.58 Å². The molecule has 1 amide bonds. The second-order valence-corrected chi connectivity index (χ2v) is 7.47. The molecule has 1 aliphatic heterocycles. The molecule has 6 nitrogen and oxygen atoms in total. The molecule has 0 saturated carbocycles. The first-order chi connectivity index (χ1) is 14.7. The summed E-state index contributed by atoms with van der Waals surface area (Å²) in [6, 6.07) is 16.4. The molecule has 152 valence electrons. The SMILES string of the molecule is O=C(NC[C@@H]1CCCN1c1nc2ccccc2o1)c1cc(-c2ccc(F)cc2)c[nH]1. The lowest BCUT2D eigenvalue weighted by Gasteiger charge is -2.22. The number of rotatable bonds is 5. The summed E-state index contributed by atoms with van der Waals surface area (Å²) in [6.45, 7) is 1.35. The van der Waals surface area contributed by atoms with E-state index < -0.39 is 0 Å². The van der Waals surface area contributed by atoms with Crippen molar-refractivity contribution in [1.82, 2.24) is 15.3 Å². The molecule has 4 aromatic rings. The van der Waals surface area contributed by atoms with Crippen molar-refractivity contribution in [3.05, 3.63) is 72.3 Å². The van der Waals surface area contributed by atoms with Crippen molar-refractivity contribution in [2.75, 3.05) is 18.0 Å². The number of H-pyrrole nitrogens is 1. The normalized spacial score (nSPS) is 16.3. The minimum atomic E-state index is -0.285. The number of halogens is 1. The third kappa shape index (κ3) is 3.54. The Labute approximate surface area is 172 Å². The number of aromatic nitrogens is 2. The van der Waals surface area contributed by atoms with Crippen molar-refractivity contribution in [1.29, 1.82) is 0 Å². The van der Waals surface area contributed by atoms with Crippen LogP contribution in [0.5, 0.6) is 0 Å². The molecule has 0 spiro atoms. The van der Waals surface area contributed by atoms with Crippen LogP contribution in [0.1, 0.15) is 23.3 Å². The topological polar surface area (TPSA) is 74.2 Å². The maximum absolute atomic E-state index is 13.1. The Hall–Kier alpha value is -3.61. The molecule has 2 aromatic carbocycles. The molecular formula is C23H21FN4O2. The predicted molar refractivity (Wildman–Crippen MR) is 113 cm³/mol. The van der Waals surface area contributed by atoms with Crippen LogP contribution in [0.15, 0.2) is 65.2 Å². The van der Waals surface area contributed by atoms with Gasteiger partial charge in [0, 0.05) is 19.3 Å². The minimum absolute atomic E-state index is 0.133. The average Bonchev–Trinajstić information content (AvgIpc) is 3.51. The number of nitrogens with zero attached hydrogens (tertiary/aromatic N) is 2. The summed E-state index contributed by atoms with van der Waals surface area (Å²) < 4.78 is 19.0. The summed E-state index contributed by atoms with van der Waals surface area (Å²) in [7, 11) is 0. The molecule has 3 heterocycles. The molecule has 2 aromatic heterocycles. The number of carbonyl (C=O) groups is 1. The summed E-state index contributed by atoms with van der Waals surface area (Å²) in [5.74, 6) is -0.458. The first kappa shape index (κ1) is 18.4. The molecule has 2 N–H and O–H groups in total. The van der Waals surface area contributed by atoms with E-state index in [1.165, 1.54) is 12.1 Å². The van der Waals surface area contributed by atoms with Crippen LogP contribution < -0.4 is 10.2 Å². The highest BCUT2D eigenvalue weighted by Crippen LogP contribution is 2.28. The monoisotopic (exact) mass is 404 g/mol. The van der Waals surface area contributed by atoms with Gasteiger partial charge in [-0.2, -0.15) is 4.98 Å². The highest BCUT2D eigenvalue weighted by Gasteiger charge is 2.29. The number of amides is 1. The molecule has 1 aliphatic rings. The maximum atomic E-state index is 13.1. The van der Waals surface area contributed by atoms with Crippen LogP contribution in [0, 0.1) is 5.82 Å². The van der Waals surface area contributed by atoms with Gasteiger partial charge in [0.1, 0.15) is 17.0 Å². The van der Waals surface area contributed by atoms with E-state index in [1.807, 2.05) is 24.3 Å². The Morgan fingerprint density at radius 2 is 2.03 bits per heavy atom. The van der Waals surface area contributed by atoms with Gasteiger partial charge in [-0.05, 0) is 54.3 Å². The van der Waals surface area contributed by atoms with Gasteiger partial charge in [-0.3, -0.25) is 4.79 Å². The van der Waals surface area contributed by atoms with Crippen LogP contribution in [0.3, 0.4) is 0 Å². The largest absolute Gasteiger partial charge is 0.423 e. The summed E-state index contributed by atoms with van der Waals surface area (Å²) in [4.78, 5) is 22.3. The fourth-order valence-electron chi connectivity index (χ4n) is 3.92. The highest BCUT2D eigenvalue weighted by molar-refractivity contribution is 5.94. The van der Waals surface area contributed by atoms with Gasteiger partial charge < -0.3 is 19.6 Å². The van der Waals surface area contributed by atoms with E-state index in [0.717, 1.165) is 41.6 Å². The zero-order chi connectivity index (χ0) is 20.5. The maximum Gasteiger partial charge on any atom is 0.298 e. The molecule has 0 radical (unpaired) electrons. The number of oxazole rings is 1.